The average Bonchev–Trinajstić information content (AvgIpc) is 2.88. The first-order valence-electron chi connectivity index (χ1n) is 6.05. The Kier molecular flexibility index (Phi) is 3.93. The van der Waals surface area contributed by atoms with Gasteiger partial charge in [-0.25, -0.2) is 4.98 Å². The van der Waals surface area contributed by atoms with Gasteiger partial charge in [0.05, 0.1) is 10.7 Å². The number of aromatic nitrogens is 2. The standard InChI is InChI=1S/C15H11ClIN3/c16-13-10-11(17)6-7-14(13)20-9-8-18-15(20)19-12-4-2-1-3-5-12/h1-10H,(H,18,19). The highest BCUT2D eigenvalue weighted by Gasteiger charge is 2.08. The van der Waals surface area contributed by atoms with Crippen LogP contribution in [0.25, 0.3) is 5.69 Å². The normalized spacial score (nSPS) is 10.5. The Morgan fingerprint density at radius 2 is 1.90 bits per heavy atom. The largest absolute Gasteiger partial charge is 0.325 e. The van der Waals surface area contributed by atoms with Crippen molar-refractivity contribution in [3.8, 4) is 5.69 Å². The average molecular weight is 396 g/mol. The Bertz CT molecular complexity index is 725. The van der Waals surface area contributed by atoms with E-state index in [0.29, 0.717) is 5.02 Å². The van der Waals surface area contributed by atoms with Crippen molar-refractivity contribution in [1.82, 2.24) is 9.55 Å². The van der Waals surface area contributed by atoms with Crippen LogP contribution in [0, 0.1) is 3.57 Å². The van der Waals surface area contributed by atoms with Gasteiger partial charge in [0.2, 0.25) is 5.95 Å². The predicted molar refractivity (Wildman–Crippen MR) is 91.0 cm³/mol. The third-order valence-electron chi connectivity index (χ3n) is 2.84. The molecule has 0 saturated carbocycles. The molecule has 0 saturated heterocycles. The smallest absolute Gasteiger partial charge is 0.212 e. The highest BCUT2D eigenvalue weighted by atomic mass is 127. The summed E-state index contributed by atoms with van der Waals surface area (Å²) in [4.78, 5) is 4.34. The molecule has 3 rings (SSSR count). The van der Waals surface area contributed by atoms with Crippen molar-refractivity contribution in [2.45, 2.75) is 0 Å². The van der Waals surface area contributed by atoms with Crippen molar-refractivity contribution >= 4 is 45.8 Å². The van der Waals surface area contributed by atoms with E-state index in [1.807, 2.05) is 59.3 Å². The maximum Gasteiger partial charge on any atom is 0.212 e. The molecular weight excluding hydrogens is 385 g/mol. The summed E-state index contributed by atoms with van der Waals surface area (Å²) in [6, 6.07) is 15.9. The van der Waals surface area contributed by atoms with Crippen LogP contribution in [-0.4, -0.2) is 9.55 Å². The van der Waals surface area contributed by atoms with Gasteiger partial charge in [-0.05, 0) is 52.9 Å². The van der Waals surface area contributed by atoms with E-state index < -0.39 is 0 Å². The highest BCUT2D eigenvalue weighted by molar-refractivity contribution is 14.1. The molecule has 1 N–H and O–H groups in total. The molecule has 0 radical (unpaired) electrons. The number of hydrogen-bond acceptors (Lipinski definition) is 2. The summed E-state index contributed by atoms with van der Waals surface area (Å²) in [5.41, 5.74) is 1.89. The molecule has 0 aliphatic carbocycles. The van der Waals surface area contributed by atoms with Gasteiger partial charge in [0.15, 0.2) is 0 Å². The zero-order valence-corrected chi connectivity index (χ0v) is 13.3. The molecule has 5 heteroatoms. The van der Waals surface area contributed by atoms with Gasteiger partial charge in [-0.3, -0.25) is 4.57 Å². The molecule has 1 aromatic heterocycles. The topological polar surface area (TPSA) is 29.9 Å². The fourth-order valence-electron chi connectivity index (χ4n) is 1.92. The van der Waals surface area contributed by atoms with Crippen LogP contribution >= 0.6 is 34.2 Å². The number of rotatable bonds is 3. The van der Waals surface area contributed by atoms with E-state index in [1.165, 1.54) is 0 Å². The maximum atomic E-state index is 6.31. The molecule has 3 aromatic rings. The van der Waals surface area contributed by atoms with Gasteiger partial charge in [-0.1, -0.05) is 29.8 Å². The van der Waals surface area contributed by atoms with Gasteiger partial charge in [-0.15, -0.1) is 0 Å². The van der Waals surface area contributed by atoms with Crippen LogP contribution in [0.1, 0.15) is 0 Å². The number of para-hydroxylation sites is 1. The summed E-state index contributed by atoms with van der Waals surface area (Å²) in [7, 11) is 0. The lowest BCUT2D eigenvalue weighted by molar-refractivity contribution is 1.06. The van der Waals surface area contributed by atoms with E-state index in [0.717, 1.165) is 20.9 Å². The number of nitrogens with zero attached hydrogens (tertiary/aromatic N) is 2. The van der Waals surface area contributed by atoms with E-state index in [-0.39, 0.29) is 0 Å². The summed E-state index contributed by atoms with van der Waals surface area (Å²) in [5.74, 6) is 0.735. The Balaban J connectivity index is 1.98. The van der Waals surface area contributed by atoms with Gasteiger partial charge in [0, 0.05) is 21.7 Å². The number of halogens is 2. The van der Waals surface area contributed by atoms with Crippen molar-refractivity contribution in [3.63, 3.8) is 0 Å². The second kappa shape index (κ2) is 5.85. The molecule has 0 unspecified atom stereocenters. The molecule has 1 heterocycles. The van der Waals surface area contributed by atoms with Crippen LogP contribution in [0.3, 0.4) is 0 Å². The van der Waals surface area contributed by atoms with Gasteiger partial charge in [-0.2, -0.15) is 0 Å². The fourth-order valence-corrected chi connectivity index (χ4v) is 2.86. The second-order valence-corrected chi connectivity index (χ2v) is 5.86. The first-order valence-corrected chi connectivity index (χ1v) is 7.50. The molecule has 0 aliphatic heterocycles. The van der Waals surface area contributed by atoms with Crippen molar-refractivity contribution < 1.29 is 0 Å². The Morgan fingerprint density at radius 1 is 1.10 bits per heavy atom. The zero-order chi connectivity index (χ0) is 13.9. The molecule has 2 aromatic carbocycles. The molecular formula is C15H11ClIN3. The van der Waals surface area contributed by atoms with E-state index >= 15 is 0 Å². The number of benzene rings is 2. The lowest BCUT2D eigenvalue weighted by Gasteiger charge is -2.11. The van der Waals surface area contributed by atoms with Crippen molar-refractivity contribution in [2.24, 2.45) is 0 Å². The summed E-state index contributed by atoms with van der Waals surface area (Å²) in [6.45, 7) is 0. The van der Waals surface area contributed by atoms with Gasteiger partial charge in [0.25, 0.3) is 0 Å². The lowest BCUT2D eigenvalue weighted by atomic mass is 10.3. The van der Waals surface area contributed by atoms with E-state index in [9.17, 15) is 0 Å². The summed E-state index contributed by atoms with van der Waals surface area (Å²) in [6.07, 6.45) is 3.64. The Hall–Kier alpha value is -1.53. The minimum atomic E-state index is 0.700. The van der Waals surface area contributed by atoms with Crippen LogP contribution in [-0.2, 0) is 0 Å². The zero-order valence-electron chi connectivity index (χ0n) is 10.4. The number of nitrogens with one attached hydrogen (secondary N) is 1. The Labute approximate surface area is 135 Å². The van der Waals surface area contributed by atoms with Gasteiger partial charge in [0.1, 0.15) is 0 Å². The summed E-state index contributed by atoms with van der Waals surface area (Å²) >= 11 is 8.56. The lowest BCUT2D eigenvalue weighted by Crippen LogP contribution is -2.01. The molecule has 100 valence electrons. The monoisotopic (exact) mass is 395 g/mol. The number of anilines is 2. The Morgan fingerprint density at radius 3 is 2.65 bits per heavy atom. The molecule has 0 fully saturated rings. The van der Waals surface area contributed by atoms with Crippen LogP contribution < -0.4 is 5.32 Å². The second-order valence-electron chi connectivity index (χ2n) is 4.21. The van der Waals surface area contributed by atoms with E-state index in [2.05, 4.69) is 32.9 Å². The minimum Gasteiger partial charge on any atom is -0.325 e. The van der Waals surface area contributed by atoms with Gasteiger partial charge < -0.3 is 5.32 Å². The SMILES string of the molecule is Clc1cc(I)ccc1-n1ccnc1Nc1ccccc1. The molecule has 0 amide bonds. The molecule has 0 bridgehead atoms. The molecule has 0 atom stereocenters. The van der Waals surface area contributed by atoms with Crippen molar-refractivity contribution in [1.29, 1.82) is 0 Å². The third kappa shape index (κ3) is 2.81. The molecule has 0 aliphatic rings. The predicted octanol–water partition coefficient (Wildman–Crippen LogP) is 4.87. The maximum absolute atomic E-state index is 6.31. The summed E-state index contributed by atoms with van der Waals surface area (Å²) in [5, 5.41) is 3.98. The fraction of sp³-hybridized carbons (Fsp3) is 0. The van der Waals surface area contributed by atoms with Gasteiger partial charge >= 0.3 is 0 Å². The van der Waals surface area contributed by atoms with Crippen LogP contribution in [0.4, 0.5) is 11.6 Å². The minimum absolute atomic E-state index is 0.700. The van der Waals surface area contributed by atoms with Crippen LogP contribution in [0.15, 0.2) is 60.9 Å². The molecule has 0 spiro atoms. The first kappa shape index (κ1) is 13.5. The van der Waals surface area contributed by atoms with Crippen LogP contribution in [0.5, 0.6) is 0 Å². The summed E-state index contributed by atoms with van der Waals surface area (Å²) < 4.78 is 3.04. The van der Waals surface area contributed by atoms with Crippen molar-refractivity contribution in [3.05, 3.63) is 69.5 Å². The number of hydrogen-bond donors (Lipinski definition) is 1. The molecule has 3 nitrogen and oxygen atoms in total. The van der Waals surface area contributed by atoms with E-state index in [4.69, 9.17) is 11.6 Å². The quantitative estimate of drug-likeness (QED) is 0.641. The van der Waals surface area contributed by atoms with Crippen molar-refractivity contribution in [2.75, 3.05) is 5.32 Å². The van der Waals surface area contributed by atoms with Crippen LogP contribution in [0.2, 0.25) is 5.02 Å². The highest BCUT2D eigenvalue weighted by Crippen LogP contribution is 2.26. The molecule has 20 heavy (non-hydrogen) atoms. The van der Waals surface area contributed by atoms with E-state index in [1.54, 1.807) is 6.20 Å². The first-order chi connectivity index (χ1) is 9.74. The third-order valence-corrected chi connectivity index (χ3v) is 3.81. The number of imidazole rings is 1.